The van der Waals surface area contributed by atoms with E-state index < -0.39 is 0 Å². The third kappa shape index (κ3) is 3.16. The van der Waals surface area contributed by atoms with E-state index in [2.05, 4.69) is 20.5 Å². The maximum atomic E-state index is 12.6. The van der Waals surface area contributed by atoms with Crippen molar-refractivity contribution in [2.24, 2.45) is 7.05 Å². The van der Waals surface area contributed by atoms with Crippen LogP contribution in [-0.2, 0) is 13.7 Å². The molecule has 1 aliphatic carbocycles. The normalized spacial score (nSPS) is 13.9. The zero-order chi connectivity index (χ0) is 19.3. The first kappa shape index (κ1) is 17.3. The van der Waals surface area contributed by atoms with Crippen molar-refractivity contribution in [1.82, 2.24) is 14.1 Å². The Morgan fingerprint density at radius 1 is 1.25 bits per heavy atom. The molecule has 0 unspecified atom stereocenters. The van der Waals surface area contributed by atoms with Crippen LogP contribution in [0.25, 0.3) is 16.7 Å². The largest absolute Gasteiger partial charge is 0.489 e. The summed E-state index contributed by atoms with van der Waals surface area (Å²) in [7, 11) is 2.04. The highest BCUT2D eigenvalue weighted by Crippen LogP contribution is 2.40. The van der Waals surface area contributed by atoms with Crippen LogP contribution in [0.2, 0.25) is 0 Å². The quantitative estimate of drug-likeness (QED) is 0.457. The van der Waals surface area contributed by atoms with Crippen molar-refractivity contribution in [2.75, 3.05) is 0 Å². The number of furan rings is 1. The van der Waals surface area contributed by atoms with Gasteiger partial charge >= 0.3 is 0 Å². The van der Waals surface area contributed by atoms with Gasteiger partial charge in [0.15, 0.2) is 4.67 Å². The van der Waals surface area contributed by atoms with Crippen molar-refractivity contribution in [3.63, 3.8) is 0 Å². The number of nitrogens with zero attached hydrogens (tertiary/aromatic N) is 3. The van der Waals surface area contributed by atoms with Gasteiger partial charge in [0.25, 0.3) is 5.56 Å². The second-order valence-corrected chi connectivity index (χ2v) is 7.88. The van der Waals surface area contributed by atoms with E-state index in [-0.39, 0.29) is 5.56 Å². The van der Waals surface area contributed by atoms with Crippen molar-refractivity contribution < 1.29 is 9.15 Å². The Balaban J connectivity index is 1.42. The van der Waals surface area contributed by atoms with Gasteiger partial charge in [-0.15, -0.1) is 0 Å². The molecule has 1 aromatic carbocycles. The second-order valence-electron chi connectivity index (χ2n) is 7.09. The van der Waals surface area contributed by atoms with E-state index in [0.717, 1.165) is 28.1 Å². The van der Waals surface area contributed by atoms with E-state index in [0.29, 0.717) is 22.9 Å². The molecule has 0 saturated heterocycles. The Bertz CT molecular complexity index is 1230. The lowest BCUT2D eigenvalue weighted by molar-refractivity contribution is 0.304. The molecule has 1 fully saturated rings. The zero-order valence-electron chi connectivity index (χ0n) is 15.3. The van der Waals surface area contributed by atoms with Gasteiger partial charge in [0.05, 0.1) is 23.0 Å². The number of halogens is 1. The maximum absolute atomic E-state index is 12.6. The molecule has 3 aromatic heterocycles. The molecule has 3 heterocycles. The van der Waals surface area contributed by atoms with E-state index in [1.165, 1.54) is 18.9 Å². The van der Waals surface area contributed by atoms with E-state index in [9.17, 15) is 4.79 Å². The number of hydrogen-bond acceptors (Lipinski definition) is 4. The molecule has 5 rings (SSSR count). The topological polar surface area (TPSA) is 62.2 Å². The summed E-state index contributed by atoms with van der Waals surface area (Å²) >= 11 is 3.26. The number of rotatable bonds is 5. The zero-order valence-corrected chi connectivity index (χ0v) is 16.8. The molecular weight excluding hydrogens is 422 g/mol. The van der Waals surface area contributed by atoms with E-state index in [1.807, 2.05) is 31.3 Å². The van der Waals surface area contributed by atoms with Crippen molar-refractivity contribution >= 4 is 27.0 Å². The second kappa shape index (κ2) is 6.67. The smallest absolute Gasteiger partial charge is 0.258 e. The Morgan fingerprint density at radius 3 is 2.82 bits per heavy atom. The highest BCUT2D eigenvalue weighted by molar-refractivity contribution is 9.10. The number of pyridine rings is 1. The fraction of sp³-hybridized carbons (Fsp3) is 0.238. The molecule has 0 spiro atoms. The summed E-state index contributed by atoms with van der Waals surface area (Å²) in [6.07, 6.45) is 5.77. The lowest BCUT2D eigenvalue weighted by Crippen LogP contribution is -2.16. The van der Waals surface area contributed by atoms with E-state index in [4.69, 9.17) is 14.1 Å². The van der Waals surface area contributed by atoms with E-state index >= 15 is 0 Å². The number of hydrogen-bond donors (Lipinski definition) is 0. The van der Waals surface area contributed by atoms with Crippen LogP contribution in [0.5, 0.6) is 5.75 Å². The molecular formula is C21H18BrN3O3. The molecule has 7 heteroatoms. The van der Waals surface area contributed by atoms with E-state index in [1.54, 1.807) is 23.1 Å². The summed E-state index contributed by atoms with van der Waals surface area (Å²) in [6.45, 7) is 0.337. The Hall–Kier alpha value is -2.80. The number of ether oxygens (including phenoxy) is 1. The molecule has 0 aliphatic heterocycles. The van der Waals surface area contributed by atoms with Crippen molar-refractivity contribution in [1.29, 1.82) is 0 Å². The summed E-state index contributed by atoms with van der Waals surface area (Å²) < 4.78 is 15.3. The van der Waals surface area contributed by atoms with Gasteiger partial charge in [-0.1, -0.05) is 0 Å². The minimum absolute atomic E-state index is 0.144. The molecule has 1 saturated carbocycles. The molecule has 28 heavy (non-hydrogen) atoms. The van der Waals surface area contributed by atoms with Gasteiger partial charge in [-0.2, -0.15) is 0 Å². The first-order chi connectivity index (χ1) is 13.6. The van der Waals surface area contributed by atoms with Crippen LogP contribution < -0.4 is 10.3 Å². The molecule has 142 valence electrons. The number of aryl methyl sites for hydroxylation is 1. The first-order valence-corrected chi connectivity index (χ1v) is 9.93. The van der Waals surface area contributed by atoms with Crippen LogP contribution in [-0.4, -0.2) is 14.1 Å². The van der Waals surface area contributed by atoms with Crippen molar-refractivity contribution in [3.05, 3.63) is 75.3 Å². The van der Waals surface area contributed by atoms with Crippen molar-refractivity contribution in [3.8, 4) is 11.4 Å². The Morgan fingerprint density at radius 2 is 2.11 bits per heavy atom. The van der Waals surface area contributed by atoms with Crippen LogP contribution in [0.15, 0.2) is 62.7 Å². The van der Waals surface area contributed by atoms with Gasteiger partial charge in [0, 0.05) is 30.8 Å². The fourth-order valence-corrected chi connectivity index (χ4v) is 3.79. The summed E-state index contributed by atoms with van der Waals surface area (Å²) in [6, 6.07) is 11.0. The van der Waals surface area contributed by atoms with Gasteiger partial charge in [0.2, 0.25) is 0 Å². The van der Waals surface area contributed by atoms with Gasteiger partial charge in [-0.05, 0) is 59.1 Å². The standard InChI is InChI=1S/C21H18BrN3O3/c1-24-18-9-15(4-5-17(18)23-21(24)14-2-3-14)25-7-6-16(10-20(25)26)27-11-13-8-19(22)28-12-13/h4-10,12,14H,2-3,11H2,1H3. The molecule has 0 atom stereocenters. The molecule has 4 aromatic rings. The lowest BCUT2D eigenvalue weighted by atomic mass is 10.2. The number of imidazole rings is 1. The highest BCUT2D eigenvalue weighted by atomic mass is 79.9. The van der Waals surface area contributed by atoms with Gasteiger partial charge in [0.1, 0.15) is 18.2 Å². The summed E-state index contributed by atoms with van der Waals surface area (Å²) in [5.74, 6) is 2.24. The average Bonchev–Trinajstić information content (AvgIpc) is 3.37. The monoisotopic (exact) mass is 439 g/mol. The molecule has 6 nitrogen and oxygen atoms in total. The number of fused-ring (bicyclic) bond motifs is 1. The lowest BCUT2D eigenvalue weighted by Gasteiger charge is -2.09. The third-order valence-electron chi connectivity index (χ3n) is 5.04. The molecule has 1 aliphatic rings. The van der Waals surface area contributed by atoms with Crippen LogP contribution in [0, 0.1) is 0 Å². The van der Waals surface area contributed by atoms with Crippen LogP contribution in [0.3, 0.4) is 0 Å². The minimum Gasteiger partial charge on any atom is -0.489 e. The predicted molar refractivity (Wildman–Crippen MR) is 109 cm³/mol. The highest BCUT2D eigenvalue weighted by Gasteiger charge is 2.28. The SMILES string of the molecule is Cn1c(C2CC2)nc2ccc(-n3ccc(OCc4coc(Br)c4)cc3=O)cc21. The summed E-state index contributed by atoms with van der Waals surface area (Å²) in [5.41, 5.74) is 3.57. The Kier molecular flexibility index (Phi) is 4.12. The van der Waals surface area contributed by atoms with Crippen LogP contribution in [0.4, 0.5) is 0 Å². The molecule has 0 bridgehead atoms. The first-order valence-electron chi connectivity index (χ1n) is 9.13. The fourth-order valence-electron chi connectivity index (χ4n) is 3.41. The van der Waals surface area contributed by atoms with Gasteiger partial charge in [-0.3, -0.25) is 9.36 Å². The summed E-state index contributed by atoms with van der Waals surface area (Å²) in [5, 5.41) is 0. The average molecular weight is 440 g/mol. The minimum atomic E-state index is -0.144. The molecule has 0 amide bonds. The molecule has 0 N–H and O–H groups in total. The summed E-state index contributed by atoms with van der Waals surface area (Å²) in [4.78, 5) is 17.4. The third-order valence-corrected chi connectivity index (χ3v) is 5.45. The van der Waals surface area contributed by atoms with Gasteiger partial charge < -0.3 is 13.7 Å². The molecule has 0 radical (unpaired) electrons. The van der Waals surface area contributed by atoms with Crippen molar-refractivity contribution in [2.45, 2.75) is 25.4 Å². The number of aromatic nitrogens is 3. The van der Waals surface area contributed by atoms with Crippen LogP contribution in [0.1, 0.15) is 30.1 Å². The van der Waals surface area contributed by atoms with Gasteiger partial charge in [-0.25, -0.2) is 4.98 Å². The maximum Gasteiger partial charge on any atom is 0.258 e. The van der Waals surface area contributed by atoms with Crippen LogP contribution >= 0.6 is 15.9 Å². The Labute approximate surface area is 169 Å². The predicted octanol–water partition coefficient (Wildman–Crippen LogP) is 4.54. The number of benzene rings is 1.